The van der Waals surface area contributed by atoms with Gasteiger partial charge in [0, 0.05) is 40.7 Å². The van der Waals surface area contributed by atoms with Crippen LogP contribution < -0.4 is 15.4 Å². The second-order valence-electron chi connectivity index (χ2n) is 9.57. The molecule has 1 heterocycles. The first-order valence-electron chi connectivity index (χ1n) is 11.6. The number of carbonyl (C=O) groups is 2. The molecular formula is C26H30N4O5S. The molecule has 4 rings (SSSR count). The molecule has 0 unspecified atom stereocenters. The van der Waals surface area contributed by atoms with E-state index in [2.05, 4.69) is 15.4 Å². The lowest BCUT2D eigenvalue weighted by atomic mass is 9.95. The molecule has 0 radical (unpaired) electrons. The first-order chi connectivity index (χ1) is 17.0. The zero-order chi connectivity index (χ0) is 25.9. The summed E-state index contributed by atoms with van der Waals surface area (Å²) in [5.41, 5.74) is 0.913. The number of nitrogens with zero attached hydrogens (tertiary/aromatic N) is 1. The van der Waals surface area contributed by atoms with E-state index in [1.165, 1.54) is 6.07 Å². The second kappa shape index (κ2) is 10.2. The van der Waals surface area contributed by atoms with Gasteiger partial charge >= 0.3 is 6.03 Å². The fourth-order valence-corrected chi connectivity index (χ4v) is 5.02. The van der Waals surface area contributed by atoms with E-state index in [4.69, 9.17) is 4.74 Å². The third kappa shape index (κ3) is 5.77. The fourth-order valence-electron chi connectivity index (χ4n) is 3.74. The molecule has 1 saturated heterocycles. The number of fused-ring (bicyclic) bond motifs is 1. The van der Waals surface area contributed by atoms with Gasteiger partial charge in [-0.1, -0.05) is 45.0 Å². The molecule has 3 aromatic carbocycles. The Morgan fingerprint density at radius 3 is 2.11 bits per heavy atom. The Balaban J connectivity index is 1.55. The minimum absolute atomic E-state index is 0.0904. The molecule has 0 atom stereocenters. The summed E-state index contributed by atoms with van der Waals surface area (Å²) in [6.45, 7) is 7.41. The van der Waals surface area contributed by atoms with Crippen LogP contribution in [0.15, 0.2) is 65.6 Å². The molecule has 0 aromatic heterocycles. The van der Waals surface area contributed by atoms with E-state index in [-0.39, 0.29) is 16.8 Å². The van der Waals surface area contributed by atoms with Crippen molar-refractivity contribution in [2.45, 2.75) is 25.7 Å². The van der Waals surface area contributed by atoms with Gasteiger partial charge in [0.2, 0.25) is 5.91 Å². The van der Waals surface area contributed by atoms with Gasteiger partial charge in [-0.15, -0.1) is 0 Å². The molecule has 3 aromatic rings. The summed E-state index contributed by atoms with van der Waals surface area (Å²) in [5.74, 6) is -0.136. The number of benzene rings is 3. The summed E-state index contributed by atoms with van der Waals surface area (Å²) < 4.78 is 34.5. The lowest BCUT2D eigenvalue weighted by Gasteiger charge is -2.27. The predicted molar refractivity (Wildman–Crippen MR) is 141 cm³/mol. The van der Waals surface area contributed by atoms with E-state index in [9.17, 15) is 18.0 Å². The standard InChI is InChI=1S/C26H30N4O5S/c1-26(2,3)24(31)27-18-10-12-19(13-11-18)29-36(33,34)23-9-5-6-20-21(23)7-4-8-22(20)28-25(32)30-14-16-35-17-15-30/h4-13,29H,14-17H2,1-3H3,(H,27,31)(H,28,32). The van der Waals surface area contributed by atoms with Crippen molar-refractivity contribution in [1.29, 1.82) is 0 Å². The largest absolute Gasteiger partial charge is 0.378 e. The third-order valence-corrected chi connectivity index (χ3v) is 7.23. The molecule has 0 spiro atoms. The highest BCUT2D eigenvalue weighted by molar-refractivity contribution is 7.93. The van der Waals surface area contributed by atoms with Crippen LogP contribution in [0, 0.1) is 5.41 Å². The van der Waals surface area contributed by atoms with Crippen LogP contribution in [0.4, 0.5) is 21.9 Å². The number of amides is 3. The number of urea groups is 1. The molecule has 1 aliphatic rings. The van der Waals surface area contributed by atoms with Crippen molar-refractivity contribution in [1.82, 2.24) is 4.90 Å². The third-order valence-electron chi connectivity index (χ3n) is 5.79. The average molecular weight is 511 g/mol. The maximum atomic E-state index is 13.3. The van der Waals surface area contributed by atoms with Crippen molar-refractivity contribution in [2.24, 2.45) is 5.41 Å². The molecule has 0 aliphatic carbocycles. The topological polar surface area (TPSA) is 117 Å². The van der Waals surface area contributed by atoms with E-state index >= 15 is 0 Å². The molecule has 9 nitrogen and oxygen atoms in total. The zero-order valence-corrected chi connectivity index (χ0v) is 21.3. The van der Waals surface area contributed by atoms with E-state index in [1.807, 2.05) is 20.8 Å². The molecule has 3 amide bonds. The van der Waals surface area contributed by atoms with E-state index in [1.54, 1.807) is 59.5 Å². The van der Waals surface area contributed by atoms with Crippen LogP contribution in [0.3, 0.4) is 0 Å². The summed E-state index contributed by atoms with van der Waals surface area (Å²) in [7, 11) is -3.94. The van der Waals surface area contributed by atoms with Crippen LogP contribution in [-0.2, 0) is 19.6 Å². The monoisotopic (exact) mass is 510 g/mol. The van der Waals surface area contributed by atoms with Gasteiger partial charge in [0.1, 0.15) is 0 Å². The lowest BCUT2D eigenvalue weighted by Crippen LogP contribution is -2.43. The van der Waals surface area contributed by atoms with Gasteiger partial charge in [0.15, 0.2) is 0 Å². The highest BCUT2D eigenvalue weighted by Crippen LogP contribution is 2.30. The van der Waals surface area contributed by atoms with Gasteiger partial charge in [0.05, 0.1) is 23.8 Å². The number of morpholine rings is 1. The molecule has 1 fully saturated rings. The van der Waals surface area contributed by atoms with Crippen molar-refractivity contribution >= 4 is 49.8 Å². The first kappa shape index (κ1) is 25.5. The second-order valence-corrected chi connectivity index (χ2v) is 11.2. The van der Waals surface area contributed by atoms with Gasteiger partial charge in [-0.25, -0.2) is 13.2 Å². The molecular weight excluding hydrogens is 480 g/mol. The highest BCUT2D eigenvalue weighted by Gasteiger charge is 2.22. The quantitative estimate of drug-likeness (QED) is 0.468. The zero-order valence-electron chi connectivity index (χ0n) is 20.5. The van der Waals surface area contributed by atoms with Crippen molar-refractivity contribution < 1.29 is 22.7 Å². The molecule has 1 aliphatic heterocycles. The minimum Gasteiger partial charge on any atom is -0.378 e. The maximum absolute atomic E-state index is 13.3. The van der Waals surface area contributed by atoms with Crippen LogP contribution in [0.1, 0.15) is 20.8 Å². The van der Waals surface area contributed by atoms with Gasteiger partial charge in [-0.3, -0.25) is 9.52 Å². The van der Waals surface area contributed by atoms with Crippen LogP contribution >= 0.6 is 0 Å². The van der Waals surface area contributed by atoms with Crippen LogP contribution in [0.2, 0.25) is 0 Å². The summed E-state index contributed by atoms with van der Waals surface area (Å²) in [6.07, 6.45) is 0. The Morgan fingerprint density at radius 1 is 0.833 bits per heavy atom. The molecule has 3 N–H and O–H groups in total. The molecule has 190 valence electrons. The summed E-state index contributed by atoms with van der Waals surface area (Å²) >= 11 is 0. The van der Waals surface area contributed by atoms with Gasteiger partial charge in [-0.05, 0) is 36.4 Å². The van der Waals surface area contributed by atoms with E-state index in [0.717, 1.165) is 0 Å². The molecule has 36 heavy (non-hydrogen) atoms. The number of hydrogen-bond acceptors (Lipinski definition) is 5. The van der Waals surface area contributed by atoms with Crippen molar-refractivity contribution in [3.8, 4) is 0 Å². The number of nitrogens with one attached hydrogen (secondary N) is 3. The van der Waals surface area contributed by atoms with E-state index in [0.29, 0.717) is 54.1 Å². The summed E-state index contributed by atoms with van der Waals surface area (Å²) in [4.78, 5) is 26.6. The van der Waals surface area contributed by atoms with Crippen molar-refractivity contribution in [3.05, 3.63) is 60.7 Å². The predicted octanol–water partition coefficient (Wildman–Crippen LogP) is 4.49. The normalized spacial score (nSPS) is 14.4. The van der Waals surface area contributed by atoms with Crippen LogP contribution in [0.25, 0.3) is 10.8 Å². The number of sulfonamides is 1. The summed E-state index contributed by atoms with van der Waals surface area (Å²) in [6, 6.07) is 16.3. The SMILES string of the molecule is CC(C)(C)C(=O)Nc1ccc(NS(=O)(=O)c2cccc3c(NC(=O)N4CCOCC4)cccc23)cc1. The summed E-state index contributed by atoms with van der Waals surface area (Å²) in [5, 5.41) is 6.81. The van der Waals surface area contributed by atoms with Gasteiger partial charge in [0.25, 0.3) is 10.0 Å². The smallest absolute Gasteiger partial charge is 0.322 e. The minimum atomic E-state index is -3.94. The van der Waals surface area contributed by atoms with Crippen LogP contribution in [0.5, 0.6) is 0 Å². The fraction of sp³-hybridized carbons (Fsp3) is 0.308. The Labute approximate surface area is 210 Å². The maximum Gasteiger partial charge on any atom is 0.322 e. The highest BCUT2D eigenvalue weighted by atomic mass is 32.2. The van der Waals surface area contributed by atoms with E-state index < -0.39 is 15.4 Å². The Hall–Kier alpha value is -3.63. The number of carbonyl (C=O) groups excluding carboxylic acids is 2. The molecule has 0 saturated carbocycles. The Kier molecular flexibility index (Phi) is 7.18. The van der Waals surface area contributed by atoms with Gasteiger partial charge in [-0.2, -0.15) is 0 Å². The lowest BCUT2D eigenvalue weighted by molar-refractivity contribution is -0.123. The van der Waals surface area contributed by atoms with Crippen LogP contribution in [-0.4, -0.2) is 51.6 Å². The van der Waals surface area contributed by atoms with Crippen molar-refractivity contribution in [3.63, 3.8) is 0 Å². The van der Waals surface area contributed by atoms with Crippen molar-refractivity contribution in [2.75, 3.05) is 41.7 Å². The number of hydrogen-bond donors (Lipinski definition) is 3. The first-order valence-corrected chi connectivity index (χ1v) is 13.1. The average Bonchev–Trinajstić information content (AvgIpc) is 2.85. The number of anilines is 3. The molecule has 0 bridgehead atoms. The number of rotatable bonds is 5. The Morgan fingerprint density at radius 2 is 1.44 bits per heavy atom. The van der Waals surface area contributed by atoms with Gasteiger partial charge < -0.3 is 20.3 Å². The number of ether oxygens (including phenoxy) is 1. The molecule has 10 heteroatoms. The Bertz CT molecular complexity index is 1380.